The molecule has 0 bridgehead atoms. The van der Waals surface area contributed by atoms with Crippen molar-refractivity contribution in [2.75, 3.05) is 13.7 Å². The quantitative estimate of drug-likeness (QED) is 0.696. The molecule has 0 saturated carbocycles. The number of hydrogen-bond acceptors (Lipinski definition) is 4. The van der Waals surface area contributed by atoms with Gasteiger partial charge in [0.2, 0.25) is 5.88 Å². The highest BCUT2D eigenvalue weighted by Gasteiger charge is 2.07. The molecular weight excluding hydrogens is 194 g/mol. The Hall–Kier alpha value is -1.13. The summed E-state index contributed by atoms with van der Waals surface area (Å²) in [5.41, 5.74) is 0.786. The normalized spacial score (nSPS) is 12.5. The van der Waals surface area contributed by atoms with Crippen LogP contribution in [0.4, 0.5) is 0 Å². The summed E-state index contributed by atoms with van der Waals surface area (Å²) in [4.78, 5) is 4.01. The second kappa shape index (κ2) is 6.37. The van der Waals surface area contributed by atoms with E-state index in [0.717, 1.165) is 18.4 Å². The number of unbranched alkanes of at least 4 members (excludes halogenated alkanes) is 1. The Labute approximate surface area is 89.5 Å². The lowest BCUT2D eigenvalue weighted by molar-refractivity contribution is 0.159. The van der Waals surface area contributed by atoms with Crippen molar-refractivity contribution in [3.63, 3.8) is 0 Å². The second-order valence-corrected chi connectivity index (χ2v) is 3.37. The van der Waals surface area contributed by atoms with Gasteiger partial charge in [0, 0.05) is 18.9 Å². The zero-order valence-electron chi connectivity index (χ0n) is 8.89. The highest BCUT2D eigenvalue weighted by molar-refractivity contribution is 5.19. The van der Waals surface area contributed by atoms with Crippen LogP contribution < -0.4 is 4.74 Å². The SMILES string of the molecule is COc1ccc(C(O)CCCCO)cn1. The minimum Gasteiger partial charge on any atom is -0.481 e. The fourth-order valence-corrected chi connectivity index (χ4v) is 1.33. The average molecular weight is 211 g/mol. The second-order valence-electron chi connectivity index (χ2n) is 3.37. The molecule has 0 aromatic carbocycles. The first-order valence-corrected chi connectivity index (χ1v) is 5.06. The van der Waals surface area contributed by atoms with Crippen molar-refractivity contribution in [1.82, 2.24) is 4.98 Å². The van der Waals surface area contributed by atoms with E-state index in [4.69, 9.17) is 9.84 Å². The van der Waals surface area contributed by atoms with Crippen molar-refractivity contribution in [2.45, 2.75) is 25.4 Å². The fraction of sp³-hybridized carbons (Fsp3) is 0.545. The van der Waals surface area contributed by atoms with E-state index in [0.29, 0.717) is 12.3 Å². The number of methoxy groups -OCH3 is 1. The minimum atomic E-state index is -0.505. The molecule has 1 heterocycles. The Kier molecular flexibility index (Phi) is 5.07. The molecule has 0 aliphatic heterocycles. The molecule has 0 radical (unpaired) electrons. The van der Waals surface area contributed by atoms with Crippen molar-refractivity contribution >= 4 is 0 Å². The van der Waals surface area contributed by atoms with Crippen LogP contribution >= 0.6 is 0 Å². The third-order valence-corrected chi connectivity index (χ3v) is 2.24. The number of aliphatic hydroxyl groups excluding tert-OH is 2. The maximum Gasteiger partial charge on any atom is 0.212 e. The molecule has 4 nitrogen and oxygen atoms in total. The number of rotatable bonds is 6. The monoisotopic (exact) mass is 211 g/mol. The van der Waals surface area contributed by atoms with Gasteiger partial charge in [-0.25, -0.2) is 4.98 Å². The van der Waals surface area contributed by atoms with Gasteiger partial charge in [-0.05, 0) is 30.9 Å². The maximum atomic E-state index is 9.75. The van der Waals surface area contributed by atoms with Crippen LogP contribution in [0.25, 0.3) is 0 Å². The number of aliphatic hydroxyl groups is 2. The van der Waals surface area contributed by atoms with E-state index in [1.807, 2.05) is 0 Å². The van der Waals surface area contributed by atoms with Gasteiger partial charge in [-0.1, -0.05) is 0 Å². The van der Waals surface area contributed by atoms with Crippen LogP contribution in [0.2, 0.25) is 0 Å². The molecule has 1 atom stereocenters. The van der Waals surface area contributed by atoms with E-state index in [1.54, 1.807) is 25.4 Å². The van der Waals surface area contributed by atoms with Crippen molar-refractivity contribution in [2.24, 2.45) is 0 Å². The lowest BCUT2D eigenvalue weighted by Crippen LogP contribution is -1.99. The van der Waals surface area contributed by atoms with Crippen LogP contribution in [-0.2, 0) is 0 Å². The molecular formula is C11H17NO3. The molecule has 1 aromatic rings. The van der Waals surface area contributed by atoms with Gasteiger partial charge >= 0.3 is 0 Å². The van der Waals surface area contributed by atoms with E-state index < -0.39 is 6.10 Å². The van der Waals surface area contributed by atoms with Crippen LogP contribution in [0.15, 0.2) is 18.3 Å². The van der Waals surface area contributed by atoms with Crippen molar-refractivity contribution in [3.05, 3.63) is 23.9 Å². The summed E-state index contributed by atoms with van der Waals surface area (Å²) in [6.45, 7) is 0.174. The van der Waals surface area contributed by atoms with Crippen molar-refractivity contribution in [3.8, 4) is 5.88 Å². The molecule has 84 valence electrons. The molecule has 0 aliphatic rings. The van der Waals surface area contributed by atoms with E-state index in [-0.39, 0.29) is 6.61 Å². The number of nitrogens with zero attached hydrogens (tertiary/aromatic N) is 1. The zero-order chi connectivity index (χ0) is 11.1. The molecule has 2 N–H and O–H groups in total. The molecule has 0 fully saturated rings. The Morgan fingerprint density at radius 3 is 2.73 bits per heavy atom. The summed E-state index contributed by atoms with van der Waals surface area (Å²) in [6, 6.07) is 3.53. The van der Waals surface area contributed by atoms with Crippen molar-refractivity contribution in [1.29, 1.82) is 0 Å². The van der Waals surface area contributed by atoms with Crippen LogP contribution in [0, 0.1) is 0 Å². The molecule has 1 rings (SSSR count). The summed E-state index contributed by atoms with van der Waals surface area (Å²) in [7, 11) is 1.56. The predicted octanol–water partition coefficient (Wildman–Crippen LogP) is 1.29. The Balaban J connectivity index is 2.46. The van der Waals surface area contributed by atoms with Gasteiger partial charge in [0.15, 0.2) is 0 Å². The number of ether oxygens (including phenoxy) is 1. The molecule has 0 amide bonds. The van der Waals surface area contributed by atoms with Gasteiger partial charge in [-0.3, -0.25) is 0 Å². The Morgan fingerprint density at radius 2 is 2.20 bits per heavy atom. The van der Waals surface area contributed by atoms with E-state index in [2.05, 4.69) is 4.98 Å². The molecule has 0 saturated heterocycles. The van der Waals surface area contributed by atoms with Crippen molar-refractivity contribution < 1.29 is 14.9 Å². The molecule has 0 aliphatic carbocycles. The maximum absolute atomic E-state index is 9.75. The van der Waals surface area contributed by atoms with E-state index in [9.17, 15) is 5.11 Å². The van der Waals surface area contributed by atoms with Crippen LogP contribution in [0.1, 0.15) is 30.9 Å². The summed E-state index contributed by atoms with van der Waals surface area (Å²) in [5.74, 6) is 0.543. The average Bonchev–Trinajstić information content (AvgIpc) is 2.29. The molecule has 1 aromatic heterocycles. The van der Waals surface area contributed by atoms with E-state index in [1.165, 1.54) is 0 Å². The largest absolute Gasteiger partial charge is 0.481 e. The summed E-state index contributed by atoms with van der Waals surface area (Å²) in [5, 5.41) is 18.4. The first-order chi connectivity index (χ1) is 7.27. The van der Waals surface area contributed by atoms with Gasteiger partial charge in [0.25, 0.3) is 0 Å². The summed E-state index contributed by atoms with van der Waals surface area (Å²) >= 11 is 0. The fourth-order valence-electron chi connectivity index (χ4n) is 1.33. The standard InChI is InChI=1S/C11H17NO3/c1-15-11-6-5-9(8-12-11)10(14)4-2-3-7-13/h5-6,8,10,13-14H,2-4,7H2,1H3. The first-order valence-electron chi connectivity index (χ1n) is 5.06. The Morgan fingerprint density at radius 1 is 1.40 bits per heavy atom. The first kappa shape index (κ1) is 11.9. The van der Waals surface area contributed by atoms with Gasteiger partial charge in [-0.15, -0.1) is 0 Å². The topological polar surface area (TPSA) is 62.6 Å². The van der Waals surface area contributed by atoms with Gasteiger partial charge in [-0.2, -0.15) is 0 Å². The van der Waals surface area contributed by atoms with Gasteiger partial charge < -0.3 is 14.9 Å². The molecule has 4 heteroatoms. The predicted molar refractivity (Wildman–Crippen MR) is 56.7 cm³/mol. The zero-order valence-corrected chi connectivity index (χ0v) is 8.89. The van der Waals surface area contributed by atoms with Gasteiger partial charge in [0.05, 0.1) is 13.2 Å². The Bertz CT molecular complexity index is 274. The minimum absolute atomic E-state index is 0.174. The molecule has 0 spiro atoms. The molecule has 1 unspecified atom stereocenters. The highest BCUT2D eigenvalue weighted by atomic mass is 16.5. The van der Waals surface area contributed by atoms with Crippen LogP contribution in [-0.4, -0.2) is 28.9 Å². The number of pyridine rings is 1. The van der Waals surface area contributed by atoms with Crippen LogP contribution in [0.3, 0.4) is 0 Å². The lowest BCUT2D eigenvalue weighted by Gasteiger charge is -2.10. The molecule has 15 heavy (non-hydrogen) atoms. The number of hydrogen-bond donors (Lipinski definition) is 2. The highest BCUT2D eigenvalue weighted by Crippen LogP contribution is 2.19. The third-order valence-electron chi connectivity index (χ3n) is 2.24. The van der Waals surface area contributed by atoms with Gasteiger partial charge in [0.1, 0.15) is 0 Å². The smallest absolute Gasteiger partial charge is 0.212 e. The summed E-state index contributed by atoms with van der Waals surface area (Å²) in [6.07, 6.45) is 3.29. The lowest BCUT2D eigenvalue weighted by atomic mass is 10.1. The van der Waals surface area contributed by atoms with E-state index >= 15 is 0 Å². The number of aromatic nitrogens is 1. The summed E-state index contributed by atoms with van der Waals surface area (Å²) < 4.78 is 4.92. The third kappa shape index (κ3) is 3.85. The van der Waals surface area contributed by atoms with Crippen LogP contribution in [0.5, 0.6) is 5.88 Å².